The van der Waals surface area contributed by atoms with Crippen molar-refractivity contribution in [1.82, 2.24) is 15.1 Å². The summed E-state index contributed by atoms with van der Waals surface area (Å²) in [6.45, 7) is 1.27. The minimum atomic E-state index is -1.54. The van der Waals surface area contributed by atoms with Crippen LogP contribution in [-0.2, 0) is 28.7 Å². The number of carbonyl (C=O) groups excluding carboxylic acids is 4. The third-order valence-corrected chi connectivity index (χ3v) is 5.34. The maximum absolute atomic E-state index is 12.3. The normalized spacial score (nSPS) is 15.5. The summed E-state index contributed by atoms with van der Waals surface area (Å²) in [5, 5.41) is 20.1. The number of amides is 4. The molecule has 4 amide bonds. The summed E-state index contributed by atoms with van der Waals surface area (Å²) in [5.74, 6) is -4.74. The second-order valence-electron chi connectivity index (χ2n) is 6.63. The first-order chi connectivity index (χ1) is 14.5. The van der Waals surface area contributed by atoms with Crippen LogP contribution in [0.4, 0.5) is 4.79 Å². The first kappa shape index (κ1) is 26.3. The number of ketones is 1. The van der Waals surface area contributed by atoms with E-state index in [0.717, 1.165) is 18.8 Å². The zero-order valence-corrected chi connectivity index (χ0v) is 17.8. The van der Waals surface area contributed by atoms with E-state index >= 15 is 0 Å². The lowest BCUT2D eigenvalue weighted by molar-refractivity contribution is -0.146. The van der Waals surface area contributed by atoms with Gasteiger partial charge in [0.15, 0.2) is 0 Å². The van der Waals surface area contributed by atoms with E-state index in [2.05, 4.69) is 5.32 Å². The summed E-state index contributed by atoms with van der Waals surface area (Å²) >= 11 is 0.888. The SMILES string of the molecule is CN(C(=O)O)C(=O)C(CSCC(=O)C(=O)N1CCOCC1)NC(=O)CCC(N)C(=O)O. The highest BCUT2D eigenvalue weighted by Crippen LogP contribution is 2.09. The van der Waals surface area contributed by atoms with Crippen LogP contribution < -0.4 is 11.1 Å². The molecule has 174 valence electrons. The lowest BCUT2D eigenvalue weighted by atomic mass is 10.1. The Balaban J connectivity index is 2.65. The second kappa shape index (κ2) is 12.9. The molecular weight excluding hydrogens is 436 g/mol. The summed E-state index contributed by atoms with van der Waals surface area (Å²) in [6.07, 6.45) is -2.02. The smallest absolute Gasteiger partial charge is 0.413 e. The molecule has 0 bridgehead atoms. The van der Waals surface area contributed by atoms with Crippen LogP contribution in [0, 0.1) is 0 Å². The molecule has 1 heterocycles. The van der Waals surface area contributed by atoms with Crippen molar-refractivity contribution in [2.75, 3.05) is 44.9 Å². The number of carboxylic acid groups (broad SMARTS) is 2. The van der Waals surface area contributed by atoms with Crippen LogP contribution in [0.5, 0.6) is 0 Å². The fourth-order valence-electron chi connectivity index (χ4n) is 2.45. The molecule has 1 saturated heterocycles. The van der Waals surface area contributed by atoms with Gasteiger partial charge >= 0.3 is 12.1 Å². The van der Waals surface area contributed by atoms with Gasteiger partial charge in [0.05, 0.1) is 19.0 Å². The molecule has 1 rings (SSSR count). The standard InChI is InChI=1S/C17H26N4O9S/c1-20(17(28)29)14(24)11(19-13(23)3-2-10(18)16(26)27)8-31-9-12(22)15(25)21-4-6-30-7-5-21/h10-11H,2-9,18H2,1H3,(H,19,23)(H,26,27)(H,28,29). The largest absolute Gasteiger partial charge is 0.480 e. The van der Waals surface area contributed by atoms with E-state index in [-0.39, 0.29) is 24.3 Å². The lowest BCUT2D eigenvalue weighted by Gasteiger charge is -2.26. The van der Waals surface area contributed by atoms with Gasteiger partial charge < -0.3 is 30.9 Å². The van der Waals surface area contributed by atoms with Crippen LogP contribution in [0.25, 0.3) is 0 Å². The first-order valence-electron chi connectivity index (χ1n) is 9.30. The van der Waals surface area contributed by atoms with E-state index in [1.807, 2.05) is 0 Å². The molecule has 1 fully saturated rings. The van der Waals surface area contributed by atoms with Crippen molar-refractivity contribution in [1.29, 1.82) is 0 Å². The van der Waals surface area contributed by atoms with Crippen molar-refractivity contribution in [3.63, 3.8) is 0 Å². The number of imide groups is 1. The van der Waals surface area contributed by atoms with Crippen molar-refractivity contribution >= 4 is 47.3 Å². The third-order valence-electron chi connectivity index (χ3n) is 4.30. The van der Waals surface area contributed by atoms with E-state index in [1.54, 1.807) is 0 Å². The number of carbonyl (C=O) groups is 6. The van der Waals surface area contributed by atoms with Crippen LogP contribution in [-0.4, -0.2) is 113 Å². The lowest BCUT2D eigenvalue weighted by Crippen LogP contribution is -2.50. The Bertz CT molecular complexity index is 712. The Hall–Kier alpha value is -2.71. The van der Waals surface area contributed by atoms with Gasteiger partial charge in [-0.3, -0.25) is 24.0 Å². The number of nitrogens with one attached hydrogen (secondary N) is 1. The summed E-state index contributed by atoms with van der Waals surface area (Å²) in [7, 11) is 1.00. The molecule has 2 unspecified atom stereocenters. The monoisotopic (exact) mass is 462 g/mol. The van der Waals surface area contributed by atoms with Gasteiger partial charge in [-0.25, -0.2) is 9.69 Å². The molecule has 13 nitrogen and oxygen atoms in total. The molecule has 0 aromatic heterocycles. The maximum Gasteiger partial charge on any atom is 0.413 e. The molecule has 0 aliphatic carbocycles. The van der Waals surface area contributed by atoms with Crippen LogP contribution in [0.15, 0.2) is 0 Å². The van der Waals surface area contributed by atoms with Crippen molar-refractivity contribution in [3.05, 3.63) is 0 Å². The predicted octanol–water partition coefficient (Wildman–Crippen LogP) is -2.04. The number of morpholine rings is 1. The summed E-state index contributed by atoms with van der Waals surface area (Å²) < 4.78 is 5.11. The Kier molecular flexibility index (Phi) is 10.9. The Morgan fingerprint density at radius 2 is 1.77 bits per heavy atom. The highest BCUT2D eigenvalue weighted by Gasteiger charge is 2.29. The van der Waals surface area contributed by atoms with E-state index in [4.69, 9.17) is 20.7 Å². The molecule has 5 N–H and O–H groups in total. The molecule has 0 radical (unpaired) electrons. The van der Waals surface area contributed by atoms with Crippen molar-refractivity contribution in [2.45, 2.75) is 24.9 Å². The number of hydrogen-bond acceptors (Lipinski definition) is 9. The van der Waals surface area contributed by atoms with Gasteiger partial charge in [-0.2, -0.15) is 11.8 Å². The topological polar surface area (TPSA) is 197 Å². The van der Waals surface area contributed by atoms with Gasteiger partial charge in [-0.15, -0.1) is 0 Å². The molecule has 14 heteroatoms. The average molecular weight is 462 g/mol. The average Bonchev–Trinajstić information content (AvgIpc) is 2.75. The number of likely N-dealkylation sites (N-methyl/N-ethyl adjacent to an activating group) is 1. The number of nitrogens with two attached hydrogens (primary N) is 1. The molecule has 31 heavy (non-hydrogen) atoms. The van der Waals surface area contributed by atoms with Gasteiger partial charge in [-0.05, 0) is 6.42 Å². The summed E-state index contributed by atoms with van der Waals surface area (Å²) in [4.78, 5) is 72.2. The van der Waals surface area contributed by atoms with Gasteiger partial charge in [0, 0.05) is 32.3 Å². The molecule has 0 aromatic carbocycles. The second-order valence-corrected chi connectivity index (χ2v) is 7.66. The maximum atomic E-state index is 12.3. The number of thioether (sulfide) groups is 1. The Morgan fingerprint density at radius 1 is 1.16 bits per heavy atom. The molecule has 2 atom stereocenters. The number of ether oxygens (including phenoxy) is 1. The van der Waals surface area contributed by atoms with Gasteiger partial charge in [0.2, 0.25) is 11.7 Å². The molecular formula is C17H26N4O9S. The molecule has 0 aromatic rings. The number of hydrogen-bond donors (Lipinski definition) is 4. The summed E-state index contributed by atoms with van der Waals surface area (Å²) in [5.41, 5.74) is 5.33. The van der Waals surface area contributed by atoms with Crippen molar-refractivity contribution in [3.8, 4) is 0 Å². The Morgan fingerprint density at radius 3 is 2.32 bits per heavy atom. The molecule has 1 aliphatic rings. The van der Waals surface area contributed by atoms with Crippen LogP contribution in [0.2, 0.25) is 0 Å². The zero-order valence-electron chi connectivity index (χ0n) is 16.9. The van der Waals surface area contributed by atoms with E-state index in [9.17, 15) is 28.8 Å². The first-order valence-corrected chi connectivity index (χ1v) is 10.5. The number of carboxylic acids is 1. The third kappa shape index (κ3) is 8.90. The fraction of sp³-hybridized carbons (Fsp3) is 0.647. The minimum absolute atomic E-state index is 0.171. The molecule has 0 saturated carbocycles. The summed E-state index contributed by atoms with van der Waals surface area (Å²) in [6, 6.07) is -2.56. The highest BCUT2D eigenvalue weighted by molar-refractivity contribution is 8.00. The number of Topliss-reactive ketones (excluding diaryl/α,β-unsaturated/α-hetero) is 1. The van der Waals surface area contributed by atoms with Gasteiger partial charge in [-0.1, -0.05) is 0 Å². The van der Waals surface area contributed by atoms with E-state index in [0.29, 0.717) is 31.2 Å². The van der Waals surface area contributed by atoms with Crippen LogP contribution in [0.1, 0.15) is 12.8 Å². The fourth-order valence-corrected chi connectivity index (χ4v) is 3.34. The quantitative estimate of drug-likeness (QED) is 0.247. The van der Waals surface area contributed by atoms with Crippen LogP contribution in [0.3, 0.4) is 0 Å². The van der Waals surface area contributed by atoms with Gasteiger partial charge in [0.25, 0.3) is 11.8 Å². The van der Waals surface area contributed by atoms with Crippen LogP contribution >= 0.6 is 11.8 Å². The van der Waals surface area contributed by atoms with E-state index in [1.165, 1.54) is 4.90 Å². The molecule has 1 aliphatic heterocycles. The van der Waals surface area contributed by atoms with Crippen molar-refractivity contribution < 1.29 is 43.7 Å². The number of rotatable bonds is 11. The van der Waals surface area contributed by atoms with Crippen molar-refractivity contribution in [2.24, 2.45) is 5.73 Å². The van der Waals surface area contributed by atoms with Gasteiger partial charge in [0.1, 0.15) is 12.1 Å². The minimum Gasteiger partial charge on any atom is -0.480 e. The highest BCUT2D eigenvalue weighted by atomic mass is 32.2. The number of aliphatic carboxylic acids is 1. The Labute approximate surface area is 182 Å². The van der Waals surface area contributed by atoms with E-state index < -0.39 is 47.7 Å². The predicted molar refractivity (Wildman–Crippen MR) is 107 cm³/mol. The molecule has 0 spiro atoms. The zero-order chi connectivity index (χ0) is 23.6. The number of nitrogens with zero attached hydrogens (tertiary/aromatic N) is 2.